The van der Waals surface area contributed by atoms with E-state index in [1.807, 2.05) is 13.8 Å². The third kappa shape index (κ3) is 3.16. The molecule has 1 aromatic carbocycles. The van der Waals surface area contributed by atoms with Crippen molar-refractivity contribution in [3.8, 4) is 0 Å². The van der Waals surface area contributed by atoms with Crippen LogP contribution in [0.2, 0.25) is 0 Å². The fourth-order valence-electron chi connectivity index (χ4n) is 2.53. The van der Waals surface area contributed by atoms with Gasteiger partial charge >= 0.3 is 0 Å². The van der Waals surface area contributed by atoms with Gasteiger partial charge in [0.1, 0.15) is 0 Å². The molecule has 19 heavy (non-hydrogen) atoms. The molecule has 1 amide bonds. The summed E-state index contributed by atoms with van der Waals surface area (Å²) < 4.78 is 5.55. The van der Waals surface area contributed by atoms with Crippen molar-refractivity contribution in [3.63, 3.8) is 0 Å². The third-order valence-electron chi connectivity index (χ3n) is 4.17. The first kappa shape index (κ1) is 14.1. The van der Waals surface area contributed by atoms with E-state index in [-0.39, 0.29) is 17.6 Å². The average Bonchev–Trinajstić information content (AvgIpc) is 2.64. The van der Waals surface area contributed by atoms with Crippen molar-refractivity contribution >= 4 is 5.91 Å². The summed E-state index contributed by atoms with van der Waals surface area (Å²) in [5.41, 5.74) is 3.24. The number of ether oxygens (including phenoxy) is 1. The Morgan fingerprint density at radius 3 is 2.84 bits per heavy atom. The summed E-state index contributed by atoms with van der Waals surface area (Å²) >= 11 is 0. The molecule has 1 fully saturated rings. The second-order valence-electron chi connectivity index (χ2n) is 5.84. The molecule has 0 unspecified atom stereocenters. The first-order chi connectivity index (χ1) is 8.90. The molecule has 1 aromatic rings. The zero-order valence-electron chi connectivity index (χ0n) is 12.2. The maximum atomic E-state index is 12.2. The van der Waals surface area contributed by atoms with E-state index >= 15 is 0 Å². The molecule has 1 saturated heterocycles. The number of aryl methyl sites for hydroxylation is 2. The molecule has 2 rings (SSSR count). The van der Waals surface area contributed by atoms with Gasteiger partial charge in [0.2, 0.25) is 5.91 Å². The van der Waals surface area contributed by atoms with Gasteiger partial charge in [-0.1, -0.05) is 23.8 Å². The predicted octanol–water partition coefficient (Wildman–Crippen LogP) is 2.53. The topological polar surface area (TPSA) is 38.3 Å². The van der Waals surface area contributed by atoms with Crippen molar-refractivity contribution in [2.24, 2.45) is 0 Å². The molecule has 104 valence electrons. The highest BCUT2D eigenvalue weighted by molar-refractivity contribution is 5.79. The molecular weight excluding hydrogens is 238 g/mol. The summed E-state index contributed by atoms with van der Waals surface area (Å²) in [7, 11) is 0. The second kappa shape index (κ2) is 5.33. The van der Waals surface area contributed by atoms with Gasteiger partial charge in [0, 0.05) is 6.61 Å². The summed E-state index contributed by atoms with van der Waals surface area (Å²) in [6.07, 6.45) is 1.40. The van der Waals surface area contributed by atoms with Crippen molar-refractivity contribution in [2.45, 2.75) is 52.2 Å². The predicted molar refractivity (Wildman–Crippen MR) is 76.2 cm³/mol. The fraction of sp³-hybridized carbons (Fsp3) is 0.562. The first-order valence-electron chi connectivity index (χ1n) is 6.89. The summed E-state index contributed by atoms with van der Waals surface area (Å²) in [5, 5.41) is 3.14. The van der Waals surface area contributed by atoms with Crippen molar-refractivity contribution < 1.29 is 9.53 Å². The number of hydrogen-bond donors (Lipinski definition) is 1. The van der Waals surface area contributed by atoms with Crippen LogP contribution in [0.1, 0.15) is 37.0 Å². The first-order valence-corrected chi connectivity index (χ1v) is 6.89. The Balaban J connectivity index is 2.03. The Morgan fingerprint density at radius 1 is 1.47 bits per heavy atom. The lowest BCUT2D eigenvalue weighted by atomic mass is 9.94. The highest BCUT2D eigenvalue weighted by Crippen LogP contribution is 2.25. The Hall–Kier alpha value is -1.35. The van der Waals surface area contributed by atoms with Crippen LogP contribution in [0.25, 0.3) is 0 Å². The quantitative estimate of drug-likeness (QED) is 0.908. The van der Waals surface area contributed by atoms with Gasteiger partial charge in [-0.25, -0.2) is 0 Å². The van der Waals surface area contributed by atoms with E-state index in [9.17, 15) is 4.79 Å². The molecule has 0 bridgehead atoms. The molecule has 1 N–H and O–H groups in total. The molecule has 1 aliphatic heterocycles. The molecule has 0 spiro atoms. The van der Waals surface area contributed by atoms with Gasteiger partial charge in [-0.2, -0.15) is 0 Å². The zero-order valence-corrected chi connectivity index (χ0v) is 12.2. The maximum absolute atomic E-state index is 12.2. The van der Waals surface area contributed by atoms with Crippen LogP contribution in [0.3, 0.4) is 0 Å². The summed E-state index contributed by atoms with van der Waals surface area (Å²) in [6.45, 7) is 8.90. The average molecular weight is 261 g/mol. The van der Waals surface area contributed by atoms with Gasteiger partial charge in [-0.15, -0.1) is 0 Å². The second-order valence-corrected chi connectivity index (χ2v) is 5.84. The summed E-state index contributed by atoms with van der Waals surface area (Å²) in [6, 6.07) is 6.23. The highest BCUT2D eigenvalue weighted by atomic mass is 16.5. The number of rotatable bonds is 3. The van der Waals surface area contributed by atoms with Crippen molar-refractivity contribution in [3.05, 3.63) is 34.9 Å². The molecular formula is C16H23NO2. The highest BCUT2D eigenvalue weighted by Gasteiger charge is 2.38. The Bertz CT molecular complexity index is 484. The van der Waals surface area contributed by atoms with Gasteiger partial charge in [-0.3, -0.25) is 4.79 Å². The number of carbonyl (C=O) groups is 1. The Labute approximate surface area is 115 Å². The third-order valence-corrected chi connectivity index (χ3v) is 4.17. The number of nitrogens with one attached hydrogen (secondary N) is 1. The van der Waals surface area contributed by atoms with Gasteiger partial charge in [0.25, 0.3) is 0 Å². The van der Waals surface area contributed by atoms with Crippen LogP contribution >= 0.6 is 0 Å². The number of amides is 1. The lowest BCUT2D eigenvalue weighted by Gasteiger charge is -2.29. The Morgan fingerprint density at radius 2 is 2.21 bits per heavy atom. The van der Waals surface area contributed by atoms with Crippen LogP contribution in [-0.4, -0.2) is 24.2 Å². The summed E-state index contributed by atoms with van der Waals surface area (Å²) in [4.78, 5) is 12.2. The number of carbonyl (C=O) groups excluding carboxylic acids is 1. The van der Waals surface area contributed by atoms with E-state index in [0.29, 0.717) is 6.42 Å². The van der Waals surface area contributed by atoms with E-state index in [1.165, 1.54) is 11.1 Å². The number of benzene rings is 1. The molecule has 0 aromatic heterocycles. The minimum absolute atomic E-state index is 0.0774. The minimum Gasteiger partial charge on any atom is -0.376 e. The van der Waals surface area contributed by atoms with E-state index in [2.05, 4.69) is 37.4 Å². The van der Waals surface area contributed by atoms with E-state index in [4.69, 9.17) is 4.74 Å². The van der Waals surface area contributed by atoms with Crippen LogP contribution in [0.5, 0.6) is 0 Å². The summed E-state index contributed by atoms with van der Waals surface area (Å²) in [5.74, 6) is 0.0774. The largest absolute Gasteiger partial charge is 0.376 e. The van der Waals surface area contributed by atoms with Crippen LogP contribution in [0.4, 0.5) is 0 Å². The van der Waals surface area contributed by atoms with E-state index in [1.54, 1.807) is 0 Å². The lowest BCUT2D eigenvalue weighted by Crippen LogP contribution is -2.51. The van der Waals surface area contributed by atoms with Crippen LogP contribution in [0.15, 0.2) is 18.2 Å². The molecule has 1 aliphatic rings. The molecule has 1 heterocycles. The molecule has 3 nitrogen and oxygen atoms in total. The smallest absolute Gasteiger partial charge is 0.224 e. The van der Waals surface area contributed by atoms with Crippen LogP contribution < -0.4 is 5.32 Å². The van der Waals surface area contributed by atoms with Gasteiger partial charge in [0.05, 0.1) is 18.1 Å². The monoisotopic (exact) mass is 261 g/mol. The van der Waals surface area contributed by atoms with Crippen LogP contribution in [0, 0.1) is 13.8 Å². The SMILES string of the molecule is Cc1ccc(C)c(CC(=O)N[C@@]2(C)CCO[C@@H]2C)c1. The lowest BCUT2D eigenvalue weighted by molar-refractivity contribution is -0.122. The zero-order chi connectivity index (χ0) is 14.0. The minimum atomic E-state index is -0.227. The van der Waals surface area contributed by atoms with E-state index < -0.39 is 0 Å². The fourth-order valence-corrected chi connectivity index (χ4v) is 2.53. The van der Waals surface area contributed by atoms with Crippen molar-refractivity contribution in [2.75, 3.05) is 6.61 Å². The standard InChI is InChI=1S/C16H23NO2/c1-11-5-6-12(2)14(9-11)10-15(18)17-16(4)7-8-19-13(16)3/h5-6,9,13H,7-8,10H2,1-4H3,(H,17,18)/t13-,16+/m1/s1. The van der Waals surface area contributed by atoms with Crippen LogP contribution in [-0.2, 0) is 16.0 Å². The Kier molecular flexibility index (Phi) is 3.95. The molecule has 2 atom stereocenters. The van der Waals surface area contributed by atoms with E-state index in [0.717, 1.165) is 18.6 Å². The molecule has 3 heteroatoms. The van der Waals surface area contributed by atoms with Crippen molar-refractivity contribution in [1.29, 1.82) is 0 Å². The number of hydrogen-bond acceptors (Lipinski definition) is 2. The van der Waals surface area contributed by atoms with Gasteiger partial charge in [-0.05, 0) is 45.2 Å². The van der Waals surface area contributed by atoms with Gasteiger partial charge < -0.3 is 10.1 Å². The molecule has 0 radical (unpaired) electrons. The van der Waals surface area contributed by atoms with Crippen molar-refractivity contribution in [1.82, 2.24) is 5.32 Å². The van der Waals surface area contributed by atoms with Gasteiger partial charge in [0.15, 0.2) is 0 Å². The normalized spacial score (nSPS) is 26.4. The molecule has 0 aliphatic carbocycles. The molecule has 0 saturated carbocycles. The maximum Gasteiger partial charge on any atom is 0.224 e.